The van der Waals surface area contributed by atoms with E-state index in [1.807, 2.05) is 0 Å². The molecule has 0 bridgehead atoms. The van der Waals surface area contributed by atoms with Gasteiger partial charge in [-0.3, -0.25) is 0 Å². The maximum atomic E-state index is 4.92. The van der Waals surface area contributed by atoms with Gasteiger partial charge in [0.05, 0.1) is 0 Å². The van der Waals surface area contributed by atoms with Crippen LogP contribution in [0.15, 0.2) is 11.4 Å². The average Bonchev–Trinajstić information content (AvgIpc) is 1.38. The fourth-order valence-corrected chi connectivity index (χ4v) is 0. The SMILES string of the molecule is Cl.NC(N)=CCl. The third-order valence-electron chi connectivity index (χ3n) is 0.126. The molecule has 4 heteroatoms. The lowest BCUT2D eigenvalue weighted by Gasteiger charge is -1.76. The van der Waals surface area contributed by atoms with Crippen molar-refractivity contribution in [1.82, 2.24) is 0 Å². The maximum absolute atomic E-state index is 4.92. The Labute approximate surface area is 47.6 Å². The molecule has 0 unspecified atom stereocenters. The monoisotopic (exact) mass is 128 g/mol. The van der Waals surface area contributed by atoms with Gasteiger partial charge in [-0.05, 0) is 0 Å². The lowest BCUT2D eigenvalue weighted by Crippen LogP contribution is -2.05. The van der Waals surface area contributed by atoms with Crippen molar-refractivity contribution in [3.8, 4) is 0 Å². The molecule has 0 heterocycles. The quantitative estimate of drug-likeness (QED) is 0.496. The molecule has 0 aliphatic carbocycles. The first-order chi connectivity index (χ1) is 2.27. The van der Waals surface area contributed by atoms with Crippen LogP contribution in [0.2, 0.25) is 0 Å². The summed E-state index contributed by atoms with van der Waals surface area (Å²) in [6, 6.07) is 0. The molecule has 0 saturated carbocycles. The Balaban J connectivity index is 0. The molecule has 38 valence electrons. The van der Waals surface area contributed by atoms with Crippen LogP contribution in [-0.4, -0.2) is 0 Å². The first-order valence-electron chi connectivity index (χ1n) is 1.08. The number of halogens is 2. The highest BCUT2D eigenvalue weighted by Crippen LogP contribution is 1.72. The highest BCUT2D eigenvalue weighted by Gasteiger charge is 1.62. The van der Waals surface area contributed by atoms with Gasteiger partial charge in [0.15, 0.2) is 0 Å². The van der Waals surface area contributed by atoms with E-state index in [2.05, 4.69) is 0 Å². The predicted molar refractivity (Wildman–Crippen MR) is 29.6 cm³/mol. The van der Waals surface area contributed by atoms with E-state index < -0.39 is 0 Å². The van der Waals surface area contributed by atoms with Crippen LogP contribution in [0.1, 0.15) is 0 Å². The van der Waals surface area contributed by atoms with Crippen molar-refractivity contribution >= 4 is 24.0 Å². The smallest absolute Gasteiger partial charge is 0.105 e. The molecule has 0 rings (SSSR count). The summed E-state index contributed by atoms with van der Waals surface area (Å²) in [7, 11) is 0. The lowest BCUT2D eigenvalue weighted by molar-refractivity contribution is 1.26. The minimum Gasteiger partial charge on any atom is -0.385 e. The molecule has 0 aromatic heterocycles. The van der Waals surface area contributed by atoms with Crippen LogP contribution in [0.4, 0.5) is 0 Å². The van der Waals surface area contributed by atoms with Crippen molar-refractivity contribution in [3.63, 3.8) is 0 Å². The van der Waals surface area contributed by atoms with Gasteiger partial charge in [-0.15, -0.1) is 12.4 Å². The van der Waals surface area contributed by atoms with Gasteiger partial charge in [-0.1, -0.05) is 11.6 Å². The number of hydrogen-bond donors (Lipinski definition) is 2. The fraction of sp³-hybridized carbons (Fsp3) is 0. The summed E-state index contributed by atoms with van der Waals surface area (Å²) in [5, 5.41) is 0. The van der Waals surface area contributed by atoms with Crippen LogP contribution in [0, 0.1) is 0 Å². The minimum absolute atomic E-state index is 0. The molecule has 0 atom stereocenters. The Morgan fingerprint density at radius 1 is 1.50 bits per heavy atom. The van der Waals surface area contributed by atoms with E-state index >= 15 is 0 Å². The zero-order chi connectivity index (χ0) is 4.28. The van der Waals surface area contributed by atoms with Crippen molar-refractivity contribution in [1.29, 1.82) is 0 Å². The molecule has 0 aromatic carbocycles. The maximum Gasteiger partial charge on any atom is 0.105 e. The molecule has 0 aromatic rings. The molecule has 0 aliphatic heterocycles. The zero-order valence-corrected chi connectivity index (χ0v) is 4.59. The van der Waals surface area contributed by atoms with E-state index in [-0.39, 0.29) is 18.2 Å². The molecule has 0 amide bonds. The summed E-state index contributed by atoms with van der Waals surface area (Å²) in [6.07, 6.45) is 0. The Hall–Kier alpha value is -0.0800. The van der Waals surface area contributed by atoms with Crippen molar-refractivity contribution < 1.29 is 0 Å². The molecule has 0 aliphatic rings. The average molecular weight is 129 g/mol. The third-order valence-corrected chi connectivity index (χ3v) is 0.378. The topological polar surface area (TPSA) is 52.0 Å². The first-order valence-corrected chi connectivity index (χ1v) is 1.52. The van der Waals surface area contributed by atoms with Gasteiger partial charge < -0.3 is 11.5 Å². The third kappa shape index (κ3) is 9.07. The standard InChI is InChI=1S/C2H5ClN2.ClH/c3-1-2(4)5;/h1H,4-5H2;1H. The Bertz CT molecular complexity index is 47.5. The molecule has 2 nitrogen and oxygen atoms in total. The predicted octanol–water partition coefficient (Wildman–Crippen LogP) is 0.363. The van der Waals surface area contributed by atoms with E-state index in [1.54, 1.807) is 0 Å². The number of hydrogen-bond acceptors (Lipinski definition) is 2. The highest BCUT2D eigenvalue weighted by atomic mass is 35.5. The molecular formula is C2H6Cl2N2. The Morgan fingerprint density at radius 2 is 1.67 bits per heavy atom. The highest BCUT2D eigenvalue weighted by molar-refractivity contribution is 6.25. The van der Waals surface area contributed by atoms with Crippen molar-refractivity contribution in [2.45, 2.75) is 0 Å². The normalized spacial score (nSPS) is 5.50. The van der Waals surface area contributed by atoms with Crippen molar-refractivity contribution in [2.24, 2.45) is 11.5 Å². The second kappa shape index (κ2) is 4.92. The summed E-state index contributed by atoms with van der Waals surface area (Å²) >= 11 is 4.92. The Morgan fingerprint density at radius 3 is 1.67 bits per heavy atom. The van der Waals surface area contributed by atoms with Gasteiger partial charge in [0.25, 0.3) is 0 Å². The van der Waals surface area contributed by atoms with Crippen LogP contribution in [0.3, 0.4) is 0 Å². The van der Waals surface area contributed by atoms with E-state index in [0.29, 0.717) is 0 Å². The molecule has 0 fully saturated rings. The summed E-state index contributed by atoms with van der Waals surface area (Å²) < 4.78 is 0. The van der Waals surface area contributed by atoms with E-state index in [4.69, 9.17) is 23.1 Å². The first kappa shape index (κ1) is 9.33. The molecule has 0 saturated heterocycles. The van der Waals surface area contributed by atoms with Gasteiger partial charge >= 0.3 is 0 Å². The van der Waals surface area contributed by atoms with Gasteiger partial charge in [0, 0.05) is 5.54 Å². The number of nitrogens with two attached hydrogens (primary N) is 2. The number of rotatable bonds is 0. The summed E-state index contributed by atoms with van der Waals surface area (Å²) in [6.45, 7) is 0. The molecule has 0 radical (unpaired) electrons. The van der Waals surface area contributed by atoms with Crippen LogP contribution in [-0.2, 0) is 0 Å². The van der Waals surface area contributed by atoms with Crippen LogP contribution < -0.4 is 11.5 Å². The second-order valence-corrected chi connectivity index (χ2v) is 0.827. The summed E-state index contributed by atoms with van der Waals surface area (Å²) in [5.74, 6) is 0.145. The van der Waals surface area contributed by atoms with Crippen LogP contribution in [0.5, 0.6) is 0 Å². The van der Waals surface area contributed by atoms with Crippen molar-refractivity contribution in [2.75, 3.05) is 0 Å². The fourth-order valence-electron chi connectivity index (χ4n) is 0. The minimum atomic E-state index is 0. The van der Waals surface area contributed by atoms with E-state index in [9.17, 15) is 0 Å². The van der Waals surface area contributed by atoms with Crippen LogP contribution in [0.25, 0.3) is 0 Å². The molecule has 0 spiro atoms. The van der Waals surface area contributed by atoms with Gasteiger partial charge in [-0.25, -0.2) is 0 Å². The van der Waals surface area contributed by atoms with Crippen LogP contribution >= 0.6 is 24.0 Å². The molecule has 6 heavy (non-hydrogen) atoms. The van der Waals surface area contributed by atoms with E-state index in [0.717, 1.165) is 5.54 Å². The summed E-state index contributed by atoms with van der Waals surface area (Å²) in [5.41, 5.74) is 10.7. The van der Waals surface area contributed by atoms with Crippen molar-refractivity contribution in [3.05, 3.63) is 11.4 Å². The largest absolute Gasteiger partial charge is 0.385 e. The van der Waals surface area contributed by atoms with Gasteiger partial charge in [0.2, 0.25) is 0 Å². The Kier molecular flexibility index (Phi) is 7.65. The van der Waals surface area contributed by atoms with E-state index in [1.165, 1.54) is 0 Å². The molecule has 4 N–H and O–H groups in total. The zero-order valence-electron chi connectivity index (χ0n) is 3.02. The lowest BCUT2D eigenvalue weighted by atomic mass is 10.9. The van der Waals surface area contributed by atoms with Gasteiger partial charge in [-0.2, -0.15) is 0 Å². The van der Waals surface area contributed by atoms with Gasteiger partial charge in [0.1, 0.15) is 5.82 Å². The molecular weight excluding hydrogens is 123 g/mol. The second-order valence-electron chi connectivity index (χ2n) is 0.609. The summed E-state index contributed by atoms with van der Waals surface area (Å²) in [4.78, 5) is 0.